The molecule has 0 aliphatic rings. The van der Waals surface area contributed by atoms with Gasteiger partial charge in [0.25, 0.3) is 5.91 Å². The number of thiophene rings is 1. The number of nitrogens with two attached hydrogens (primary N) is 2. The van der Waals surface area contributed by atoms with Crippen LogP contribution in [0.2, 0.25) is 0 Å². The number of rotatable bonds is 12. The van der Waals surface area contributed by atoms with E-state index < -0.39 is 41.5 Å². The molecule has 3 aromatic carbocycles. The van der Waals surface area contributed by atoms with Crippen molar-refractivity contribution >= 4 is 23.0 Å². The summed E-state index contributed by atoms with van der Waals surface area (Å²) in [5.74, 6) is -1.99. The molecule has 6 N–H and O–H groups in total. The highest BCUT2D eigenvalue weighted by Crippen LogP contribution is 2.23. The maximum Gasteiger partial charge on any atom is 0.251 e. The molecule has 0 saturated heterocycles. The van der Waals surface area contributed by atoms with E-state index in [1.54, 1.807) is 35.6 Å². The zero-order valence-corrected chi connectivity index (χ0v) is 22.5. The van der Waals surface area contributed by atoms with E-state index in [9.17, 15) is 23.5 Å². The summed E-state index contributed by atoms with van der Waals surface area (Å²) in [5.41, 5.74) is 16.3. The summed E-state index contributed by atoms with van der Waals surface area (Å²) < 4.78 is 27.2. The van der Waals surface area contributed by atoms with E-state index in [2.05, 4.69) is 10.7 Å². The van der Waals surface area contributed by atoms with Gasteiger partial charge in [-0.2, -0.15) is 11.3 Å². The number of Topliss-reactive ketones (excluding diaryl/α,β-unsaturated/α-hetero) is 1. The molecule has 0 radical (unpaired) electrons. The van der Waals surface area contributed by atoms with E-state index >= 15 is 0 Å². The van der Waals surface area contributed by atoms with Crippen LogP contribution in [0.4, 0.5) is 8.78 Å². The third kappa shape index (κ3) is 7.89. The molecule has 1 amide bonds. The van der Waals surface area contributed by atoms with Gasteiger partial charge >= 0.3 is 0 Å². The average Bonchev–Trinajstić information content (AvgIpc) is 3.49. The standard InChI is InChI=1S/C31H31F2N3O3S/c32-25-8-9-27(33)24(15-25)16-26(34)17-36-31(39)22-3-1-2-20(12-22)14-29(37)30(38)28(35)13-19-4-6-21(7-5-19)23-10-11-40-18-23/h1-12,15,18,26,28,30,38H,13-14,16-17,34-35H2,(H,36,39). The average molecular weight is 564 g/mol. The van der Waals surface area contributed by atoms with Gasteiger partial charge in [-0.25, -0.2) is 8.78 Å². The van der Waals surface area contributed by atoms with Crippen LogP contribution >= 0.6 is 11.3 Å². The maximum atomic E-state index is 13.9. The summed E-state index contributed by atoms with van der Waals surface area (Å²) in [6.07, 6.45) is -1.07. The lowest BCUT2D eigenvalue weighted by molar-refractivity contribution is -0.127. The summed E-state index contributed by atoms with van der Waals surface area (Å²) in [7, 11) is 0. The van der Waals surface area contributed by atoms with Crippen molar-refractivity contribution in [2.24, 2.45) is 11.5 Å². The van der Waals surface area contributed by atoms with Gasteiger partial charge in [0, 0.05) is 30.6 Å². The molecule has 6 nitrogen and oxygen atoms in total. The smallest absolute Gasteiger partial charge is 0.251 e. The van der Waals surface area contributed by atoms with Crippen LogP contribution in [0.5, 0.6) is 0 Å². The van der Waals surface area contributed by atoms with Crippen molar-refractivity contribution in [1.82, 2.24) is 5.32 Å². The molecule has 9 heteroatoms. The summed E-state index contributed by atoms with van der Waals surface area (Å²) >= 11 is 1.62. The number of aliphatic hydroxyl groups is 1. The van der Waals surface area contributed by atoms with E-state index in [0.717, 1.165) is 34.9 Å². The largest absolute Gasteiger partial charge is 0.384 e. The fourth-order valence-electron chi connectivity index (χ4n) is 4.39. The first-order valence-electron chi connectivity index (χ1n) is 12.8. The maximum absolute atomic E-state index is 13.9. The van der Waals surface area contributed by atoms with Crippen LogP contribution in [0, 0.1) is 11.6 Å². The first-order valence-corrected chi connectivity index (χ1v) is 13.8. The highest BCUT2D eigenvalue weighted by molar-refractivity contribution is 7.08. The molecule has 208 valence electrons. The number of hydrogen-bond acceptors (Lipinski definition) is 6. The van der Waals surface area contributed by atoms with Crippen LogP contribution in [-0.4, -0.2) is 41.5 Å². The number of hydrogen-bond donors (Lipinski definition) is 4. The Bertz CT molecular complexity index is 1440. The van der Waals surface area contributed by atoms with Crippen molar-refractivity contribution in [3.8, 4) is 11.1 Å². The molecule has 3 unspecified atom stereocenters. The normalized spacial score (nSPS) is 13.4. The van der Waals surface area contributed by atoms with E-state index in [-0.39, 0.29) is 24.9 Å². The summed E-state index contributed by atoms with van der Waals surface area (Å²) in [6, 6.07) is 18.1. The van der Waals surface area contributed by atoms with Gasteiger partial charge in [-0.15, -0.1) is 0 Å². The van der Waals surface area contributed by atoms with E-state index in [4.69, 9.17) is 11.5 Å². The SMILES string of the molecule is NC(CNC(=O)c1cccc(CC(=O)C(O)C(N)Cc2ccc(-c3ccsc3)cc2)c1)Cc1cc(F)ccc1F. The van der Waals surface area contributed by atoms with Crippen molar-refractivity contribution in [2.75, 3.05) is 6.54 Å². The predicted octanol–water partition coefficient (Wildman–Crippen LogP) is 4.04. The number of carbonyl (C=O) groups is 2. The molecule has 0 spiro atoms. The number of halogens is 2. The second-order valence-electron chi connectivity index (χ2n) is 9.78. The third-order valence-corrected chi connectivity index (χ3v) is 7.28. The van der Waals surface area contributed by atoms with Crippen molar-refractivity contribution in [1.29, 1.82) is 0 Å². The summed E-state index contributed by atoms with van der Waals surface area (Å²) in [5, 5.41) is 17.3. The summed E-state index contributed by atoms with van der Waals surface area (Å²) in [4.78, 5) is 25.4. The Morgan fingerprint density at radius 3 is 2.40 bits per heavy atom. The fraction of sp³-hybridized carbons (Fsp3) is 0.226. The minimum absolute atomic E-state index is 0.0414. The van der Waals surface area contributed by atoms with Gasteiger partial charge in [0.1, 0.15) is 17.7 Å². The highest BCUT2D eigenvalue weighted by Gasteiger charge is 2.23. The van der Waals surface area contributed by atoms with Crippen molar-refractivity contribution < 1.29 is 23.5 Å². The number of amides is 1. The van der Waals surface area contributed by atoms with Gasteiger partial charge < -0.3 is 21.9 Å². The minimum atomic E-state index is -1.37. The van der Waals surface area contributed by atoms with Crippen LogP contribution in [-0.2, 0) is 24.1 Å². The molecule has 0 aliphatic carbocycles. The lowest BCUT2D eigenvalue weighted by atomic mass is 9.95. The molecule has 0 fully saturated rings. The van der Waals surface area contributed by atoms with E-state index in [1.165, 1.54) is 0 Å². The van der Waals surface area contributed by atoms with E-state index in [0.29, 0.717) is 17.5 Å². The summed E-state index contributed by atoms with van der Waals surface area (Å²) in [6.45, 7) is 0.0414. The third-order valence-electron chi connectivity index (χ3n) is 6.60. The topological polar surface area (TPSA) is 118 Å². The molecule has 3 atom stereocenters. The van der Waals surface area contributed by atoms with Crippen LogP contribution in [0.3, 0.4) is 0 Å². The van der Waals surface area contributed by atoms with Crippen LogP contribution in [0.1, 0.15) is 27.0 Å². The molecule has 0 aliphatic heterocycles. The number of benzene rings is 3. The highest BCUT2D eigenvalue weighted by atomic mass is 32.1. The van der Waals surface area contributed by atoms with Crippen LogP contribution in [0.15, 0.2) is 83.6 Å². The second-order valence-corrected chi connectivity index (χ2v) is 10.6. The lowest BCUT2D eigenvalue weighted by Crippen LogP contribution is -2.42. The fourth-order valence-corrected chi connectivity index (χ4v) is 5.06. The van der Waals surface area contributed by atoms with Gasteiger partial charge in [0.2, 0.25) is 0 Å². The molecule has 1 aromatic heterocycles. The monoisotopic (exact) mass is 563 g/mol. The number of carbonyl (C=O) groups excluding carboxylic acids is 2. The van der Waals surface area contributed by atoms with Crippen LogP contribution in [0.25, 0.3) is 11.1 Å². The quantitative estimate of drug-likeness (QED) is 0.208. The molecule has 0 saturated carbocycles. The van der Waals surface area contributed by atoms with Crippen molar-refractivity contribution in [3.63, 3.8) is 0 Å². The number of aliphatic hydroxyl groups excluding tert-OH is 1. The molecule has 4 rings (SSSR count). The van der Waals surface area contributed by atoms with Gasteiger partial charge in [0.05, 0.1) is 0 Å². The van der Waals surface area contributed by atoms with Gasteiger partial charge in [-0.3, -0.25) is 9.59 Å². The van der Waals surface area contributed by atoms with Crippen molar-refractivity contribution in [3.05, 3.63) is 117 Å². The predicted molar refractivity (Wildman–Crippen MR) is 153 cm³/mol. The Balaban J connectivity index is 1.28. The Labute approximate surface area is 235 Å². The second kappa shape index (κ2) is 13.5. The number of ketones is 1. The molecule has 40 heavy (non-hydrogen) atoms. The van der Waals surface area contributed by atoms with E-state index in [1.807, 2.05) is 35.7 Å². The molecule has 4 aromatic rings. The van der Waals surface area contributed by atoms with Gasteiger partial charge in [-0.05, 0) is 87.8 Å². The van der Waals surface area contributed by atoms with Crippen LogP contribution < -0.4 is 16.8 Å². The first kappa shape index (κ1) is 29.2. The van der Waals surface area contributed by atoms with Crippen molar-refractivity contribution in [2.45, 2.75) is 37.5 Å². The molecule has 0 bridgehead atoms. The van der Waals surface area contributed by atoms with Gasteiger partial charge in [-0.1, -0.05) is 36.4 Å². The Hall–Kier alpha value is -3.76. The Kier molecular flexibility index (Phi) is 9.89. The van der Waals surface area contributed by atoms with Gasteiger partial charge in [0.15, 0.2) is 5.78 Å². The lowest BCUT2D eigenvalue weighted by Gasteiger charge is -2.18. The first-order chi connectivity index (χ1) is 19.2. The minimum Gasteiger partial charge on any atom is -0.384 e. The molecular weight excluding hydrogens is 532 g/mol. The zero-order chi connectivity index (χ0) is 28.6. The Morgan fingerprint density at radius 2 is 1.68 bits per heavy atom. The zero-order valence-electron chi connectivity index (χ0n) is 21.7. The molecule has 1 heterocycles. The Morgan fingerprint density at radius 1 is 0.900 bits per heavy atom. The molecular formula is C31H31F2N3O3S. The number of nitrogens with one attached hydrogen (secondary N) is 1.